The van der Waals surface area contributed by atoms with E-state index in [1.165, 1.54) is 24.0 Å². The van der Waals surface area contributed by atoms with E-state index < -0.39 is 10.0 Å². The van der Waals surface area contributed by atoms with Crippen LogP contribution in [0.1, 0.15) is 28.5 Å². The minimum atomic E-state index is -3.53. The van der Waals surface area contributed by atoms with E-state index in [0.29, 0.717) is 18.8 Å². The number of carbonyl (C=O) groups is 1. The number of hydrogen-bond acceptors (Lipinski definition) is 3. The average molecular weight is 400 g/mol. The van der Waals surface area contributed by atoms with Gasteiger partial charge >= 0.3 is 0 Å². The van der Waals surface area contributed by atoms with Crippen molar-refractivity contribution < 1.29 is 13.2 Å². The van der Waals surface area contributed by atoms with E-state index in [-0.39, 0.29) is 10.8 Å². The molecule has 1 amide bonds. The van der Waals surface area contributed by atoms with Gasteiger partial charge in [0.2, 0.25) is 10.0 Å². The predicted octanol–water partition coefficient (Wildman–Crippen LogP) is 3.15. The van der Waals surface area contributed by atoms with Crippen molar-refractivity contribution in [2.45, 2.75) is 31.8 Å². The molecule has 1 aromatic heterocycles. The lowest BCUT2D eigenvalue weighted by molar-refractivity contribution is 0.0942. The number of benzene rings is 2. The average Bonchev–Trinajstić information content (AvgIpc) is 3.05. The molecule has 1 heterocycles. The summed E-state index contributed by atoms with van der Waals surface area (Å²) >= 11 is 0. The zero-order valence-electron chi connectivity index (χ0n) is 16.6. The van der Waals surface area contributed by atoms with Crippen LogP contribution in [0.4, 0.5) is 0 Å². The SMILES string of the molecule is CCn1c(C(=O)NCc2ccc(C)cc2)cc2cc(S(=O)(=O)N(C)C)ccc21. The Hall–Kier alpha value is -2.64. The highest BCUT2D eigenvalue weighted by atomic mass is 32.2. The molecule has 28 heavy (non-hydrogen) atoms. The van der Waals surface area contributed by atoms with Crippen molar-refractivity contribution in [3.63, 3.8) is 0 Å². The number of hydrogen-bond donors (Lipinski definition) is 1. The third kappa shape index (κ3) is 3.81. The van der Waals surface area contributed by atoms with Gasteiger partial charge in [0, 0.05) is 38.1 Å². The highest BCUT2D eigenvalue weighted by Gasteiger charge is 2.20. The van der Waals surface area contributed by atoms with Crippen LogP contribution >= 0.6 is 0 Å². The Morgan fingerprint density at radius 3 is 2.36 bits per heavy atom. The number of sulfonamides is 1. The lowest BCUT2D eigenvalue weighted by Gasteiger charge is -2.12. The van der Waals surface area contributed by atoms with Gasteiger partial charge in [0.15, 0.2) is 0 Å². The quantitative estimate of drug-likeness (QED) is 0.692. The van der Waals surface area contributed by atoms with Crippen molar-refractivity contribution >= 4 is 26.8 Å². The Morgan fingerprint density at radius 2 is 1.75 bits per heavy atom. The van der Waals surface area contributed by atoms with Crippen molar-refractivity contribution in [1.29, 1.82) is 0 Å². The zero-order chi connectivity index (χ0) is 20.5. The van der Waals surface area contributed by atoms with E-state index in [0.717, 1.165) is 16.5 Å². The summed E-state index contributed by atoms with van der Waals surface area (Å²) in [6.07, 6.45) is 0. The number of fused-ring (bicyclic) bond motifs is 1. The molecule has 0 aliphatic rings. The molecule has 0 aliphatic heterocycles. The van der Waals surface area contributed by atoms with Gasteiger partial charge in [-0.05, 0) is 43.7 Å². The number of aromatic nitrogens is 1. The van der Waals surface area contributed by atoms with Gasteiger partial charge in [-0.2, -0.15) is 0 Å². The first kappa shape index (κ1) is 20.1. The van der Waals surface area contributed by atoms with Gasteiger partial charge in [0.1, 0.15) is 5.69 Å². The minimum absolute atomic E-state index is 0.185. The van der Waals surface area contributed by atoms with Crippen molar-refractivity contribution in [2.24, 2.45) is 0 Å². The van der Waals surface area contributed by atoms with Gasteiger partial charge in [-0.3, -0.25) is 4.79 Å². The number of nitrogens with zero attached hydrogens (tertiary/aromatic N) is 2. The van der Waals surface area contributed by atoms with Gasteiger partial charge in [0.05, 0.1) is 4.90 Å². The Balaban J connectivity index is 1.92. The summed E-state index contributed by atoms with van der Waals surface area (Å²) in [7, 11) is -0.524. The van der Waals surface area contributed by atoms with Crippen LogP contribution in [0.3, 0.4) is 0 Å². The van der Waals surface area contributed by atoms with E-state index in [1.54, 1.807) is 24.3 Å². The molecule has 0 bridgehead atoms. The predicted molar refractivity (Wildman–Crippen MR) is 111 cm³/mol. The highest BCUT2D eigenvalue weighted by molar-refractivity contribution is 7.89. The smallest absolute Gasteiger partial charge is 0.268 e. The maximum Gasteiger partial charge on any atom is 0.268 e. The van der Waals surface area contributed by atoms with Crippen molar-refractivity contribution in [3.05, 3.63) is 65.4 Å². The Bertz CT molecular complexity index is 1110. The second-order valence-electron chi connectivity index (χ2n) is 6.95. The maximum atomic E-state index is 12.8. The van der Waals surface area contributed by atoms with E-state index in [9.17, 15) is 13.2 Å². The summed E-state index contributed by atoms with van der Waals surface area (Å²) in [4.78, 5) is 13.0. The van der Waals surface area contributed by atoms with Crippen molar-refractivity contribution in [1.82, 2.24) is 14.2 Å². The first-order valence-electron chi connectivity index (χ1n) is 9.13. The second-order valence-corrected chi connectivity index (χ2v) is 9.10. The molecule has 3 rings (SSSR count). The van der Waals surface area contributed by atoms with E-state index in [2.05, 4.69) is 5.32 Å². The van der Waals surface area contributed by atoms with Crippen LogP contribution < -0.4 is 5.32 Å². The number of nitrogens with one attached hydrogen (secondary N) is 1. The molecule has 7 heteroatoms. The Kier molecular flexibility index (Phi) is 5.58. The van der Waals surface area contributed by atoms with Gasteiger partial charge < -0.3 is 9.88 Å². The van der Waals surface area contributed by atoms with Crippen LogP contribution in [0.25, 0.3) is 10.9 Å². The largest absolute Gasteiger partial charge is 0.347 e. The summed E-state index contributed by atoms with van der Waals surface area (Å²) in [5.41, 5.74) is 3.55. The molecule has 0 unspecified atom stereocenters. The van der Waals surface area contributed by atoms with Gasteiger partial charge in [-0.25, -0.2) is 12.7 Å². The normalized spacial score (nSPS) is 11.9. The third-order valence-electron chi connectivity index (χ3n) is 4.77. The highest BCUT2D eigenvalue weighted by Crippen LogP contribution is 2.25. The molecule has 0 spiro atoms. The molecule has 0 saturated heterocycles. The lowest BCUT2D eigenvalue weighted by Crippen LogP contribution is -2.25. The molecule has 1 N–H and O–H groups in total. The molecule has 0 aliphatic carbocycles. The number of aryl methyl sites for hydroxylation is 2. The van der Waals surface area contributed by atoms with Gasteiger partial charge in [-0.15, -0.1) is 0 Å². The molecular formula is C21H25N3O3S. The zero-order valence-corrected chi connectivity index (χ0v) is 17.4. The van der Waals surface area contributed by atoms with E-state index in [4.69, 9.17) is 0 Å². The fraction of sp³-hybridized carbons (Fsp3) is 0.286. The van der Waals surface area contributed by atoms with Gasteiger partial charge in [0.25, 0.3) is 5.91 Å². The van der Waals surface area contributed by atoms with Crippen molar-refractivity contribution in [2.75, 3.05) is 14.1 Å². The Morgan fingerprint density at radius 1 is 1.07 bits per heavy atom. The standard InChI is InChI=1S/C21H25N3O3S/c1-5-24-19-11-10-18(28(26,27)23(3)4)12-17(19)13-20(24)21(25)22-14-16-8-6-15(2)7-9-16/h6-13H,5,14H2,1-4H3,(H,22,25). The third-order valence-corrected chi connectivity index (χ3v) is 6.59. The van der Waals surface area contributed by atoms with Crippen LogP contribution in [-0.4, -0.2) is 37.3 Å². The summed E-state index contributed by atoms with van der Waals surface area (Å²) in [6.45, 7) is 5.02. The fourth-order valence-corrected chi connectivity index (χ4v) is 4.07. The number of amides is 1. The second kappa shape index (κ2) is 7.77. The molecule has 0 radical (unpaired) electrons. The number of rotatable bonds is 6. The summed E-state index contributed by atoms with van der Waals surface area (Å²) in [5.74, 6) is -0.185. The molecule has 0 saturated carbocycles. The molecule has 3 aromatic rings. The van der Waals surface area contributed by atoms with Crippen molar-refractivity contribution in [3.8, 4) is 0 Å². The van der Waals surface area contributed by atoms with E-state index >= 15 is 0 Å². The Labute approximate surface area is 165 Å². The van der Waals surface area contributed by atoms with Crippen LogP contribution in [0, 0.1) is 6.92 Å². The van der Waals surface area contributed by atoms with Crippen LogP contribution in [0.15, 0.2) is 53.4 Å². The van der Waals surface area contributed by atoms with Gasteiger partial charge in [-0.1, -0.05) is 29.8 Å². The topological polar surface area (TPSA) is 71.4 Å². The molecule has 2 aromatic carbocycles. The lowest BCUT2D eigenvalue weighted by atomic mass is 10.1. The molecule has 0 fully saturated rings. The maximum absolute atomic E-state index is 12.8. The van der Waals surface area contributed by atoms with Crippen LogP contribution in [0.5, 0.6) is 0 Å². The van der Waals surface area contributed by atoms with Crippen LogP contribution in [0.2, 0.25) is 0 Å². The van der Waals surface area contributed by atoms with Crippen LogP contribution in [-0.2, 0) is 23.1 Å². The molecule has 148 valence electrons. The van der Waals surface area contributed by atoms with E-state index in [1.807, 2.05) is 42.7 Å². The molecule has 6 nitrogen and oxygen atoms in total. The fourth-order valence-electron chi connectivity index (χ4n) is 3.13. The summed E-state index contributed by atoms with van der Waals surface area (Å²) < 4.78 is 27.9. The summed E-state index contributed by atoms with van der Waals surface area (Å²) in [5, 5.41) is 3.67. The minimum Gasteiger partial charge on any atom is -0.347 e. The first-order chi connectivity index (χ1) is 13.2. The molecule has 0 atom stereocenters. The number of carbonyl (C=O) groups excluding carboxylic acids is 1. The first-order valence-corrected chi connectivity index (χ1v) is 10.6. The molecular weight excluding hydrogens is 374 g/mol. The summed E-state index contributed by atoms with van der Waals surface area (Å²) in [6, 6.07) is 14.7. The monoisotopic (exact) mass is 399 g/mol.